The van der Waals surface area contributed by atoms with Gasteiger partial charge in [0.1, 0.15) is 12.4 Å². The minimum absolute atomic E-state index is 0.0793. The molecule has 0 unspecified atom stereocenters. The molecule has 0 bridgehead atoms. The second kappa shape index (κ2) is 3.30. The molecule has 3 heteroatoms. The van der Waals surface area contributed by atoms with Crippen molar-refractivity contribution in [3.8, 4) is 16.9 Å². The monoisotopic (exact) mass is 218 g/mol. The molecule has 1 nitrogen and oxygen atoms in total. The molecule has 0 aromatic heterocycles. The molecular weight excluding hydrogens is 210 g/mol. The van der Waals surface area contributed by atoms with E-state index in [1.165, 1.54) is 12.1 Å². The molecule has 0 amide bonds. The first-order valence-electron chi connectivity index (χ1n) is 4.96. The van der Waals surface area contributed by atoms with Crippen LogP contribution in [0.5, 0.6) is 5.75 Å². The highest BCUT2D eigenvalue weighted by Gasteiger charge is 2.21. The highest BCUT2D eigenvalue weighted by atomic mass is 19.1. The standard InChI is InChI=1S/C13H8F2O/c14-11-5-1-3-8-9-4-2-6-12(15)13(9)16-7-10(8)11/h1-6H,7H2. The predicted octanol–water partition coefficient (Wildman–Crippen LogP) is 3.52. The number of para-hydroxylation sites is 1. The van der Waals surface area contributed by atoms with Gasteiger partial charge in [-0.3, -0.25) is 0 Å². The van der Waals surface area contributed by atoms with Crippen molar-refractivity contribution in [3.63, 3.8) is 0 Å². The lowest BCUT2D eigenvalue weighted by atomic mass is 9.96. The van der Waals surface area contributed by atoms with Crippen LogP contribution < -0.4 is 4.74 Å². The van der Waals surface area contributed by atoms with Crippen molar-refractivity contribution in [1.29, 1.82) is 0 Å². The van der Waals surface area contributed by atoms with Crippen molar-refractivity contribution in [2.75, 3.05) is 0 Å². The van der Waals surface area contributed by atoms with Gasteiger partial charge in [0.05, 0.1) is 0 Å². The topological polar surface area (TPSA) is 9.23 Å². The third-order valence-corrected chi connectivity index (χ3v) is 2.74. The normalized spacial score (nSPS) is 12.6. The summed E-state index contributed by atoms with van der Waals surface area (Å²) in [6.45, 7) is 0.0793. The first-order chi connectivity index (χ1) is 7.77. The highest BCUT2D eigenvalue weighted by molar-refractivity contribution is 5.75. The minimum atomic E-state index is -0.410. The summed E-state index contributed by atoms with van der Waals surface area (Å²) < 4.78 is 32.2. The van der Waals surface area contributed by atoms with E-state index in [4.69, 9.17) is 4.74 Å². The molecule has 0 atom stereocenters. The molecule has 0 saturated heterocycles. The molecule has 80 valence electrons. The fraction of sp³-hybridized carbons (Fsp3) is 0.0769. The van der Waals surface area contributed by atoms with Crippen molar-refractivity contribution in [1.82, 2.24) is 0 Å². The third-order valence-electron chi connectivity index (χ3n) is 2.74. The molecular formula is C13H8F2O. The van der Waals surface area contributed by atoms with Crippen LogP contribution in [0.2, 0.25) is 0 Å². The minimum Gasteiger partial charge on any atom is -0.485 e. The number of ether oxygens (including phenoxy) is 1. The molecule has 0 radical (unpaired) electrons. The number of hydrogen-bond donors (Lipinski definition) is 0. The summed E-state index contributed by atoms with van der Waals surface area (Å²) in [5.74, 6) is -0.513. The van der Waals surface area contributed by atoms with E-state index in [0.29, 0.717) is 16.7 Å². The Labute approximate surface area is 91.3 Å². The summed E-state index contributed by atoms with van der Waals surface area (Å²) in [6, 6.07) is 9.44. The van der Waals surface area contributed by atoms with Crippen LogP contribution in [0.1, 0.15) is 5.56 Å². The van der Waals surface area contributed by atoms with Crippen LogP contribution in [0, 0.1) is 11.6 Å². The summed E-state index contributed by atoms with van der Waals surface area (Å²) in [7, 11) is 0. The fourth-order valence-electron chi connectivity index (χ4n) is 1.97. The maximum Gasteiger partial charge on any atom is 0.165 e. The van der Waals surface area contributed by atoms with Crippen LogP contribution >= 0.6 is 0 Å². The van der Waals surface area contributed by atoms with Crippen molar-refractivity contribution >= 4 is 0 Å². The van der Waals surface area contributed by atoms with Gasteiger partial charge in [0.25, 0.3) is 0 Å². The second-order valence-corrected chi connectivity index (χ2v) is 3.67. The van der Waals surface area contributed by atoms with Gasteiger partial charge in [-0.25, -0.2) is 8.78 Å². The van der Waals surface area contributed by atoms with E-state index >= 15 is 0 Å². The zero-order chi connectivity index (χ0) is 11.1. The molecule has 1 aliphatic rings. The molecule has 2 aromatic carbocycles. The van der Waals surface area contributed by atoms with E-state index in [1.54, 1.807) is 24.3 Å². The number of hydrogen-bond acceptors (Lipinski definition) is 1. The number of halogens is 2. The van der Waals surface area contributed by atoms with Gasteiger partial charge in [0, 0.05) is 11.1 Å². The molecule has 2 aromatic rings. The van der Waals surface area contributed by atoms with Gasteiger partial charge in [0.2, 0.25) is 0 Å². The molecule has 0 saturated carbocycles. The molecule has 16 heavy (non-hydrogen) atoms. The molecule has 3 rings (SSSR count). The first-order valence-corrected chi connectivity index (χ1v) is 4.96. The maximum atomic E-state index is 13.5. The average molecular weight is 218 g/mol. The smallest absolute Gasteiger partial charge is 0.165 e. The van der Waals surface area contributed by atoms with Gasteiger partial charge in [-0.2, -0.15) is 0 Å². The SMILES string of the molecule is Fc1cccc2c1COc1c(F)cccc1-2. The fourth-order valence-corrected chi connectivity index (χ4v) is 1.97. The van der Waals surface area contributed by atoms with E-state index in [0.717, 1.165) is 0 Å². The van der Waals surface area contributed by atoms with Gasteiger partial charge >= 0.3 is 0 Å². The second-order valence-electron chi connectivity index (χ2n) is 3.67. The van der Waals surface area contributed by atoms with Gasteiger partial charge in [-0.05, 0) is 17.7 Å². The van der Waals surface area contributed by atoms with Crippen LogP contribution in [-0.4, -0.2) is 0 Å². The average Bonchev–Trinajstić information content (AvgIpc) is 2.30. The Morgan fingerprint density at radius 3 is 2.38 bits per heavy atom. The third kappa shape index (κ3) is 1.21. The predicted molar refractivity (Wildman–Crippen MR) is 56.1 cm³/mol. The number of benzene rings is 2. The first kappa shape index (κ1) is 9.33. The molecule has 1 aliphatic heterocycles. The van der Waals surface area contributed by atoms with E-state index in [9.17, 15) is 8.78 Å². The summed E-state index contributed by atoms with van der Waals surface area (Å²) in [5.41, 5.74) is 1.81. The van der Waals surface area contributed by atoms with Crippen molar-refractivity contribution in [3.05, 3.63) is 53.6 Å². The molecule has 0 spiro atoms. The molecule has 0 N–H and O–H groups in total. The van der Waals surface area contributed by atoms with Crippen LogP contribution in [0.4, 0.5) is 8.78 Å². The quantitative estimate of drug-likeness (QED) is 0.657. The lowest BCUT2D eigenvalue weighted by molar-refractivity contribution is 0.281. The van der Waals surface area contributed by atoms with Crippen LogP contribution in [0.15, 0.2) is 36.4 Å². The van der Waals surface area contributed by atoms with E-state index in [2.05, 4.69) is 0 Å². The van der Waals surface area contributed by atoms with E-state index in [1.807, 2.05) is 0 Å². The zero-order valence-corrected chi connectivity index (χ0v) is 8.34. The van der Waals surface area contributed by atoms with Crippen LogP contribution in [0.3, 0.4) is 0 Å². The van der Waals surface area contributed by atoms with Crippen LogP contribution in [0.25, 0.3) is 11.1 Å². The van der Waals surface area contributed by atoms with Crippen molar-refractivity contribution in [2.24, 2.45) is 0 Å². The Morgan fingerprint density at radius 2 is 1.56 bits per heavy atom. The summed E-state index contributed by atoms with van der Waals surface area (Å²) in [5, 5.41) is 0. The van der Waals surface area contributed by atoms with Gasteiger partial charge in [-0.15, -0.1) is 0 Å². The lowest BCUT2D eigenvalue weighted by Crippen LogP contribution is -2.08. The Kier molecular flexibility index (Phi) is 1.93. The van der Waals surface area contributed by atoms with Gasteiger partial charge in [-0.1, -0.05) is 24.3 Å². The molecule has 0 fully saturated rings. The van der Waals surface area contributed by atoms with Gasteiger partial charge < -0.3 is 4.74 Å². The molecule has 0 aliphatic carbocycles. The molecule has 1 heterocycles. The largest absolute Gasteiger partial charge is 0.485 e. The van der Waals surface area contributed by atoms with Crippen molar-refractivity contribution in [2.45, 2.75) is 6.61 Å². The summed E-state index contributed by atoms with van der Waals surface area (Å²) in [4.78, 5) is 0. The zero-order valence-electron chi connectivity index (χ0n) is 8.34. The summed E-state index contributed by atoms with van der Waals surface area (Å²) >= 11 is 0. The van der Waals surface area contributed by atoms with E-state index < -0.39 is 5.82 Å². The van der Waals surface area contributed by atoms with E-state index in [-0.39, 0.29) is 18.2 Å². The maximum absolute atomic E-state index is 13.5. The number of rotatable bonds is 0. The Balaban J connectivity index is 2.32. The Bertz CT molecular complexity index is 512. The van der Waals surface area contributed by atoms with Crippen molar-refractivity contribution < 1.29 is 13.5 Å². The number of fused-ring (bicyclic) bond motifs is 3. The summed E-state index contributed by atoms with van der Waals surface area (Å²) in [6.07, 6.45) is 0. The Hall–Kier alpha value is -1.90. The van der Waals surface area contributed by atoms with Gasteiger partial charge in [0.15, 0.2) is 11.6 Å². The van der Waals surface area contributed by atoms with Crippen LogP contribution in [-0.2, 0) is 6.61 Å². The lowest BCUT2D eigenvalue weighted by Gasteiger charge is -2.21. The highest BCUT2D eigenvalue weighted by Crippen LogP contribution is 2.39. The Morgan fingerprint density at radius 1 is 0.875 bits per heavy atom.